The molecule has 0 saturated carbocycles. The molecule has 0 aliphatic carbocycles. The van der Waals surface area contributed by atoms with Gasteiger partial charge in [0.25, 0.3) is 5.91 Å². The van der Waals surface area contributed by atoms with E-state index in [1.54, 1.807) is 73.9 Å². The third-order valence-corrected chi connectivity index (χ3v) is 6.88. The number of rotatable bonds is 8. The molecule has 2 aromatic carbocycles. The van der Waals surface area contributed by atoms with Crippen molar-refractivity contribution in [2.75, 3.05) is 39.9 Å². The maximum atomic E-state index is 13.8. The van der Waals surface area contributed by atoms with E-state index in [2.05, 4.69) is 10.3 Å². The second kappa shape index (κ2) is 13.5. The van der Waals surface area contributed by atoms with Gasteiger partial charge in [-0.05, 0) is 57.5 Å². The number of para-hydroxylation sites is 1. The Morgan fingerprint density at radius 2 is 1.60 bits per heavy atom. The number of aromatic nitrogens is 1. The number of piperazine rings is 1. The summed E-state index contributed by atoms with van der Waals surface area (Å²) in [6.45, 7) is 8.63. The van der Waals surface area contributed by atoms with Crippen molar-refractivity contribution >= 4 is 34.8 Å². The minimum Gasteiger partial charge on any atom is -0.496 e. The highest BCUT2D eigenvalue weighted by molar-refractivity contribution is 5.99. The van der Waals surface area contributed by atoms with Crippen LogP contribution in [0, 0.1) is 0 Å². The molecule has 3 aromatic rings. The van der Waals surface area contributed by atoms with Crippen molar-refractivity contribution in [2.24, 2.45) is 0 Å². The van der Waals surface area contributed by atoms with E-state index in [-0.39, 0.29) is 24.6 Å². The number of benzene rings is 2. The molecule has 4 rings (SSSR count). The molecule has 1 N–H and O–H groups in total. The molecule has 1 fully saturated rings. The number of carbonyl (C=O) groups excluding carboxylic acids is 4. The Morgan fingerprint density at radius 3 is 2.23 bits per heavy atom. The molecule has 3 amide bonds. The largest absolute Gasteiger partial charge is 0.496 e. The van der Waals surface area contributed by atoms with E-state index in [0.717, 1.165) is 10.9 Å². The Hall–Kier alpha value is -4.67. The SMILES string of the molecule is CCOC(=O)N1CCN(C(=O)C(Cc2ccc(C(=O)OC(C)(C)C)cc2)NC(=O)c2cc(OC)c3ccccc3n2)CC1. The zero-order valence-electron chi connectivity index (χ0n) is 25.2. The number of hydrogen-bond acceptors (Lipinski definition) is 8. The van der Waals surface area contributed by atoms with Gasteiger partial charge in [-0.15, -0.1) is 0 Å². The van der Waals surface area contributed by atoms with Gasteiger partial charge in [-0.2, -0.15) is 0 Å². The molecule has 1 aliphatic heterocycles. The lowest BCUT2D eigenvalue weighted by Gasteiger charge is -2.36. The van der Waals surface area contributed by atoms with E-state index in [0.29, 0.717) is 43.0 Å². The molecule has 2 heterocycles. The fraction of sp³-hybridized carbons (Fsp3) is 0.406. The Morgan fingerprint density at radius 1 is 0.953 bits per heavy atom. The van der Waals surface area contributed by atoms with Gasteiger partial charge in [0.15, 0.2) is 0 Å². The Labute approximate surface area is 251 Å². The van der Waals surface area contributed by atoms with Crippen LogP contribution >= 0.6 is 0 Å². The number of nitrogens with one attached hydrogen (secondary N) is 1. The van der Waals surface area contributed by atoms with Gasteiger partial charge < -0.3 is 29.3 Å². The van der Waals surface area contributed by atoms with Crippen LogP contribution in [-0.4, -0.2) is 90.2 Å². The smallest absolute Gasteiger partial charge is 0.409 e. The Balaban J connectivity index is 1.55. The minimum absolute atomic E-state index is 0.112. The van der Waals surface area contributed by atoms with Crippen molar-refractivity contribution in [1.82, 2.24) is 20.1 Å². The zero-order chi connectivity index (χ0) is 31.1. The normalized spacial score (nSPS) is 14.2. The topological polar surface area (TPSA) is 127 Å². The van der Waals surface area contributed by atoms with Crippen LogP contribution in [0.5, 0.6) is 5.75 Å². The van der Waals surface area contributed by atoms with Gasteiger partial charge in [0.2, 0.25) is 5.91 Å². The monoisotopic (exact) mass is 590 g/mol. The molecule has 1 unspecified atom stereocenters. The molecule has 228 valence electrons. The molecule has 1 saturated heterocycles. The number of amides is 3. The first-order chi connectivity index (χ1) is 20.5. The van der Waals surface area contributed by atoms with E-state index < -0.39 is 29.6 Å². The second-order valence-electron chi connectivity index (χ2n) is 11.2. The highest BCUT2D eigenvalue weighted by Crippen LogP contribution is 2.25. The van der Waals surface area contributed by atoms with Gasteiger partial charge >= 0.3 is 12.1 Å². The number of methoxy groups -OCH3 is 1. The van der Waals surface area contributed by atoms with Crippen LogP contribution in [-0.2, 0) is 20.7 Å². The van der Waals surface area contributed by atoms with E-state index in [1.807, 2.05) is 18.2 Å². The molecular weight excluding hydrogens is 552 g/mol. The third-order valence-electron chi connectivity index (χ3n) is 6.88. The van der Waals surface area contributed by atoms with Crippen LogP contribution < -0.4 is 10.1 Å². The number of pyridine rings is 1. The number of hydrogen-bond donors (Lipinski definition) is 1. The van der Waals surface area contributed by atoms with Gasteiger partial charge in [-0.3, -0.25) is 9.59 Å². The predicted molar refractivity (Wildman–Crippen MR) is 160 cm³/mol. The van der Waals surface area contributed by atoms with Crippen molar-refractivity contribution in [3.05, 3.63) is 71.4 Å². The summed E-state index contributed by atoms with van der Waals surface area (Å²) >= 11 is 0. The summed E-state index contributed by atoms with van der Waals surface area (Å²) in [6.07, 6.45) is -0.247. The van der Waals surface area contributed by atoms with Crippen LogP contribution in [0.2, 0.25) is 0 Å². The van der Waals surface area contributed by atoms with Gasteiger partial charge in [-0.1, -0.05) is 24.3 Å². The van der Waals surface area contributed by atoms with Crippen molar-refractivity contribution in [1.29, 1.82) is 0 Å². The van der Waals surface area contributed by atoms with Crippen LogP contribution in [0.25, 0.3) is 10.9 Å². The molecule has 0 spiro atoms. The first kappa shape index (κ1) is 31.3. The van der Waals surface area contributed by atoms with E-state index >= 15 is 0 Å². The zero-order valence-corrected chi connectivity index (χ0v) is 25.2. The molecule has 1 aromatic heterocycles. The molecule has 11 heteroatoms. The number of carbonyl (C=O) groups is 4. The molecule has 43 heavy (non-hydrogen) atoms. The standard InChI is InChI=1S/C32H38N4O7/c1-6-42-31(40)36-17-15-35(16-18-36)29(38)26(19-21-11-13-22(14-12-21)30(39)43-32(2,3)4)34-28(37)25-20-27(41-5)23-9-7-8-10-24(23)33-25/h7-14,20,26H,6,15-19H2,1-5H3,(H,34,37). The van der Waals surface area contributed by atoms with Gasteiger partial charge in [0.05, 0.1) is 24.8 Å². The minimum atomic E-state index is -0.937. The first-order valence-electron chi connectivity index (χ1n) is 14.3. The summed E-state index contributed by atoms with van der Waals surface area (Å²) in [5, 5.41) is 3.64. The average molecular weight is 591 g/mol. The van der Waals surface area contributed by atoms with E-state index in [9.17, 15) is 19.2 Å². The lowest BCUT2D eigenvalue weighted by atomic mass is 10.0. The molecule has 1 atom stereocenters. The fourth-order valence-electron chi connectivity index (χ4n) is 4.76. The number of ether oxygens (including phenoxy) is 3. The molecule has 1 aliphatic rings. The van der Waals surface area contributed by atoms with Crippen LogP contribution in [0.15, 0.2) is 54.6 Å². The molecular formula is C32H38N4O7. The van der Waals surface area contributed by atoms with Gasteiger partial charge in [0.1, 0.15) is 23.1 Å². The third kappa shape index (κ3) is 8.00. The molecule has 0 bridgehead atoms. The summed E-state index contributed by atoms with van der Waals surface area (Å²) in [6, 6.07) is 14.7. The van der Waals surface area contributed by atoms with Crippen molar-refractivity contribution in [3.63, 3.8) is 0 Å². The summed E-state index contributed by atoms with van der Waals surface area (Å²) in [4.78, 5) is 59.6. The number of nitrogens with zero attached hydrogens (tertiary/aromatic N) is 3. The van der Waals surface area contributed by atoms with E-state index in [1.165, 1.54) is 7.11 Å². The summed E-state index contributed by atoms with van der Waals surface area (Å²) in [5.74, 6) is -0.777. The number of fused-ring (bicyclic) bond motifs is 1. The van der Waals surface area contributed by atoms with Crippen molar-refractivity contribution in [3.8, 4) is 5.75 Å². The summed E-state index contributed by atoms with van der Waals surface area (Å²) in [5.41, 5.74) is 1.19. The van der Waals surface area contributed by atoms with Crippen LogP contribution in [0.3, 0.4) is 0 Å². The maximum absolute atomic E-state index is 13.8. The quantitative estimate of drug-likeness (QED) is 0.392. The lowest BCUT2D eigenvalue weighted by molar-refractivity contribution is -0.134. The lowest BCUT2D eigenvalue weighted by Crippen LogP contribution is -2.56. The molecule has 11 nitrogen and oxygen atoms in total. The van der Waals surface area contributed by atoms with Gasteiger partial charge in [-0.25, -0.2) is 14.6 Å². The predicted octanol–water partition coefficient (Wildman–Crippen LogP) is 3.84. The van der Waals surface area contributed by atoms with Gasteiger partial charge in [0, 0.05) is 44.1 Å². The highest BCUT2D eigenvalue weighted by atomic mass is 16.6. The Kier molecular flexibility index (Phi) is 9.84. The summed E-state index contributed by atoms with van der Waals surface area (Å²) < 4.78 is 16.0. The fourth-order valence-corrected chi connectivity index (χ4v) is 4.76. The highest BCUT2D eigenvalue weighted by Gasteiger charge is 2.31. The molecule has 0 radical (unpaired) electrons. The van der Waals surface area contributed by atoms with E-state index in [4.69, 9.17) is 14.2 Å². The first-order valence-corrected chi connectivity index (χ1v) is 14.3. The summed E-state index contributed by atoms with van der Waals surface area (Å²) in [7, 11) is 1.52. The second-order valence-corrected chi connectivity index (χ2v) is 11.2. The van der Waals surface area contributed by atoms with Crippen LogP contribution in [0.1, 0.15) is 54.1 Å². The Bertz CT molecular complexity index is 1480. The van der Waals surface area contributed by atoms with Crippen LogP contribution in [0.4, 0.5) is 4.79 Å². The maximum Gasteiger partial charge on any atom is 0.409 e. The van der Waals surface area contributed by atoms with Crippen molar-refractivity contribution in [2.45, 2.75) is 45.8 Å². The van der Waals surface area contributed by atoms with Crippen molar-refractivity contribution < 1.29 is 33.4 Å². The number of esters is 1. The average Bonchev–Trinajstić information content (AvgIpc) is 2.99.